The summed E-state index contributed by atoms with van der Waals surface area (Å²) in [5.74, 6) is -2.27. The van der Waals surface area contributed by atoms with E-state index in [1.54, 1.807) is 0 Å². The van der Waals surface area contributed by atoms with Crippen molar-refractivity contribution in [2.75, 3.05) is 47.5 Å². The molecule has 9 heteroatoms. The Kier molecular flexibility index (Phi) is 82.8. The van der Waals surface area contributed by atoms with Crippen LogP contribution in [0.15, 0.2) is 122 Å². The van der Waals surface area contributed by atoms with Crippen molar-refractivity contribution in [3.05, 3.63) is 122 Å². The Morgan fingerprint density at radius 1 is 0.292 bits per heavy atom. The second-order valence-corrected chi connectivity index (χ2v) is 31.5. The van der Waals surface area contributed by atoms with Crippen LogP contribution in [0, 0.1) is 0 Å². The van der Waals surface area contributed by atoms with Crippen molar-refractivity contribution in [2.24, 2.45) is 0 Å². The average Bonchev–Trinajstić information content (AvgIpc) is 0.935. The van der Waals surface area contributed by atoms with E-state index in [-0.39, 0.29) is 32.2 Å². The number of carbonyl (C=O) groups excluding carboxylic acids is 3. The first-order valence-electron chi connectivity index (χ1n) is 45.2. The SMILES string of the molecule is CC/C=C\C/C=C\C/C=C\C/C=C\C/C=C\C/C=C\C/C=C\C/C=C\C/C=C\C/C=C\CCCCCCCCCCCCC(=O)OC(COC(=O)CCCCCCCCCCCCCCCCCCCCCCCCCCCCCCCCCCCCCCCCCC)COC(OCC[N+](C)(C)C)C(=O)[O-]. The van der Waals surface area contributed by atoms with Crippen molar-refractivity contribution in [2.45, 2.75) is 431 Å². The Labute approximate surface area is 657 Å². The standard InChI is InChI=1S/C97H171NO8/c1-6-8-10-12-14-16-18-20-22-24-26-28-30-32-34-36-38-40-42-44-46-48-50-52-54-56-58-60-62-64-66-68-70-72-74-76-78-80-82-84-86-88-95(100)106-93(92-105-97(96(101)102)103-90-89-98(3,4)5)91-104-94(99)87-85-83-81-79-77-75-73-71-69-67-65-63-61-59-57-55-53-51-49-47-45-43-41-39-37-35-33-31-29-27-25-23-21-19-17-15-13-11-9-7-2/h8,10,14,16,20,22,26,28,32,34,38,40,44,46,50,52,56,58,62,64,93,97H,6-7,9,11-13,15,17-19,21,23-25,27,29-31,33,35-37,39,41-43,45,47-49,51,53-55,57,59-61,63,65-92H2,1-5H3/b10-8-,16-14-,22-20-,28-26-,34-32-,40-38-,46-44-,52-50-,58-56-,64-62-. The van der Waals surface area contributed by atoms with Gasteiger partial charge in [-0.1, -0.05) is 437 Å². The molecule has 0 aromatic rings. The number of likely N-dealkylation sites (N-methyl/N-ethyl adjacent to an activating group) is 1. The molecule has 0 aliphatic rings. The van der Waals surface area contributed by atoms with E-state index in [1.807, 2.05) is 21.1 Å². The van der Waals surface area contributed by atoms with Crippen LogP contribution in [0.2, 0.25) is 0 Å². The van der Waals surface area contributed by atoms with Gasteiger partial charge in [0.2, 0.25) is 0 Å². The molecule has 0 N–H and O–H groups in total. The zero-order valence-electron chi connectivity index (χ0n) is 70.3. The van der Waals surface area contributed by atoms with Gasteiger partial charge in [-0.3, -0.25) is 9.59 Å². The van der Waals surface area contributed by atoms with Crippen molar-refractivity contribution in [3.8, 4) is 0 Å². The van der Waals surface area contributed by atoms with Crippen LogP contribution in [-0.4, -0.2) is 82.3 Å². The van der Waals surface area contributed by atoms with Gasteiger partial charge < -0.3 is 33.3 Å². The van der Waals surface area contributed by atoms with E-state index >= 15 is 0 Å². The van der Waals surface area contributed by atoms with Crippen LogP contribution in [-0.2, 0) is 33.3 Å². The second-order valence-electron chi connectivity index (χ2n) is 31.5. The number of nitrogens with zero attached hydrogens (tertiary/aromatic N) is 1. The first-order valence-corrected chi connectivity index (χ1v) is 45.2. The van der Waals surface area contributed by atoms with Crippen LogP contribution in [0.3, 0.4) is 0 Å². The number of carboxylic acids is 1. The third-order valence-electron chi connectivity index (χ3n) is 20.0. The van der Waals surface area contributed by atoms with Crippen LogP contribution in [0.25, 0.3) is 0 Å². The Hall–Kier alpha value is -4.31. The maximum Gasteiger partial charge on any atom is 0.306 e. The van der Waals surface area contributed by atoms with Gasteiger partial charge in [0, 0.05) is 12.8 Å². The number of carboxylic acid groups (broad SMARTS) is 1. The van der Waals surface area contributed by atoms with E-state index in [0.29, 0.717) is 23.9 Å². The minimum absolute atomic E-state index is 0.144. The number of hydrogen-bond donors (Lipinski definition) is 0. The van der Waals surface area contributed by atoms with E-state index in [9.17, 15) is 19.5 Å². The molecule has 0 bridgehead atoms. The zero-order chi connectivity index (χ0) is 76.7. The summed E-state index contributed by atoms with van der Waals surface area (Å²) in [6.07, 6.45) is 121. The van der Waals surface area contributed by atoms with Gasteiger partial charge >= 0.3 is 11.9 Å². The smallest absolute Gasteiger partial charge is 0.306 e. The lowest BCUT2D eigenvalue weighted by Gasteiger charge is -2.26. The Morgan fingerprint density at radius 3 is 0.802 bits per heavy atom. The summed E-state index contributed by atoms with van der Waals surface area (Å²) in [5, 5.41) is 11.9. The lowest BCUT2D eigenvalue weighted by molar-refractivity contribution is -0.870. The maximum absolute atomic E-state index is 13.0. The summed E-state index contributed by atoms with van der Waals surface area (Å²) in [4.78, 5) is 37.7. The number of aliphatic carboxylic acids is 1. The molecule has 0 aliphatic carbocycles. The first kappa shape index (κ1) is 102. The average molecular weight is 1480 g/mol. The fourth-order valence-corrected chi connectivity index (χ4v) is 13.2. The summed E-state index contributed by atoms with van der Waals surface area (Å²) >= 11 is 0. The van der Waals surface area contributed by atoms with Gasteiger partial charge in [-0.2, -0.15) is 0 Å². The summed E-state index contributed by atoms with van der Waals surface area (Å²) in [6, 6.07) is 0. The lowest BCUT2D eigenvalue weighted by atomic mass is 10.0. The molecule has 0 heterocycles. The number of rotatable bonds is 84. The topological polar surface area (TPSA) is 111 Å². The first-order chi connectivity index (χ1) is 52.1. The molecule has 0 spiro atoms. The number of allylic oxidation sites excluding steroid dienone is 20. The van der Waals surface area contributed by atoms with Crippen LogP contribution >= 0.6 is 0 Å². The molecule has 0 aromatic carbocycles. The molecule has 612 valence electrons. The third-order valence-corrected chi connectivity index (χ3v) is 20.0. The van der Waals surface area contributed by atoms with Gasteiger partial charge in [0.1, 0.15) is 13.2 Å². The minimum Gasteiger partial charge on any atom is -0.545 e. The highest BCUT2D eigenvalue weighted by Gasteiger charge is 2.22. The fraction of sp³-hybridized carbons (Fsp3) is 0.763. The highest BCUT2D eigenvalue weighted by Crippen LogP contribution is 2.20. The van der Waals surface area contributed by atoms with Crippen LogP contribution < -0.4 is 5.11 Å². The summed E-state index contributed by atoms with van der Waals surface area (Å²) in [5.41, 5.74) is 0. The molecule has 2 atom stereocenters. The molecule has 0 amide bonds. The largest absolute Gasteiger partial charge is 0.545 e. The molecule has 0 saturated heterocycles. The Bertz CT molecular complexity index is 2170. The monoisotopic (exact) mass is 1480 g/mol. The molecule has 9 nitrogen and oxygen atoms in total. The van der Waals surface area contributed by atoms with Gasteiger partial charge in [-0.15, -0.1) is 0 Å². The van der Waals surface area contributed by atoms with Crippen molar-refractivity contribution >= 4 is 17.9 Å². The Morgan fingerprint density at radius 2 is 0.538 bits per heavy atom. The molecule has 0 aliphatic heterocycles. The van der Waals surface area contributed by atoms with Crippen molar-refractivity contribution < 1.29 is 42.9 Å². The van der Waals surface area contributed by atoms with Gasteiger partial charge in [-0.25, -0.2) is 0 Å². The molecule has 0 rings (SSSR count). The number of hydrogen-bond acceptors (Lipinski definition) is 8. The molecule has 0 radical (unpaired) electrons. The minimum atomic E-state index is -1.63. The van der Waals surface area contributed by atoms with Crippen molar-refractivity contribution in [1.82, 2.24) is 0 Å². The third kappa shape index (κ3) is 86.9. The predicted molar refractivity (Wildman–Crippen MR) is 458 cm³/mol. The van der Waals surface area contributed by atoms with E-state index in [1.165, 1.54) is 276 Å². The quantitative estimate of drug-likeness (QED) is 0.0195. The predicted octanol–water partition coefficient (Wildman–Crippen LogP) is 28.4. The molecular weight excluding hydrogens is 1310 g/mol. The maximum atomic E-state index is 13.0. The van der Waals surface area contributed by atoms with Crippen molar-refractivity contribution in [1.29, 1.82) is 0 Å². The van der Waals surface area contributed by atoms with Gasteiger partial charge in [0.05, 0.1) is 40.3 Å². The van der Waals surface area contributed by atoms with E-state index < -0.39 is 24.3 Å². The summed E-state index contributed by atoms with van der Waals surface area (Å²) < 4.78 is 22.9. The summed E-state index contributed by atoms with van der Waals surface area (Å²) in [7, 11) is 5.94. The van der Waals surface area contributed by atoms with Crippen molar-refractivity contribution in [3.63, 3.8) is 0 Å². The number of carbonyl (C=O) groups is 3. The zero-order valence-corrected chi connectivity index (χ0v) is 70.3. The van der Waals surface area contributed by atoms with E-state index in [2.05, 4.69) is 135 Å². The fourth-order valence-electron chi connectivity index (χ4n) is 13.2. The van der Waals surface area contributed by atoms with Crippen LogP contribution in [0.4, 0.5) is 0 Å². The molecule has 0 saturated carbocycles. The van der Waals surface area contributed by atoms with Crippen LogP contribution in [0.5, 0.6) is 0 Å². The lowest BCUT2D eigenvalue weighted by Crippen LogP contribution is -2.44. The highest BCUT2D eigenvalue weighted by atomic mass is 16.7. The highest BCUT2D eigenvalue weighted by molar-refractivity contribution is 5.70. The second kappa shape index (κ2) is 86.3. The molecule has 2 unspecified atom stereocenters. The summed E-state index contributed by atoms with van der Waals surface area (Å²) in [6.45, 7) is 4.68. The molecule has 0 fully saturated rings. The number of quaternary nitrogens is 1. The number of esters is 2. The molecular formula is C97H171NO8. The number of ether oxygens (including phenoxy) is 4. The van der Waals surface area contributed by atoms with E-state index in [4.69, 9.17) is 18.9 Å². The van der Waals surface area contributed by atoms with Crippen LogP contribution in [0.1, 0.15) is 418 Å². The Balaban J connectivity index is 3.98. The van der Waals surface area contributed by atoms with E-state index in [0.717, 1.165) is 109 Å². The normalized spacial score (nSPS) is 13.2. The molecule has 0 aromatic heterocycles. The van der Waals surface area contributed by atoms with Gasteiger partial charge in [0.25, 0.3) is 0 Å². The molecule has 106 heavy (non-hydrogen) atoms. The number of unbranched alkanes of at least 4 members (excludes halogenated alkanes) is 49. The van der Waals surface area contributed by atoms with Gasteiger partial charge in [0.15, 0.2) is 12.4 Å². The van der Waals surface area contributed by atoms with Gasteiger partial charge in [-0.05, 0) is 89.9 Å².